The van der Waals surface area contributed by atoms with E-state index in [1.807, 2.05) is 35.7 Å². The predicted molar refractivity (Wildman–Crippen MR) is 112 cm³/mol. The fraction of sp³-hybridized carbons (Fsp3) is 0.0952. The third-order valence-electron chi connectivity index (χ3n) is 4.20. The molecule has 0 saturated carbocycles. The number of aromatic carboxylic acids is 1. The van der Waals surface area contributed by atoms with E-state index in [1.54, 1.807) is 35.2 Å². The van der Waals surface area contributed by atoms with Gasteiger partial charge >= 0.3 is 5.97 Å². The molecule has 4 aromatic rings. The second kappa shape index (κ2) is 8.00. The van der Waals surface area contributed by atoms with E-state index in [0.717, 1.165) is 27.1 Å². The third kappa shape index (κ3) is 3.85. The number of benzene rings is 2. The van der Waals surface area contributed by atoms with Gasteiger partial charge in [-0.05, 0) is 53.8 Å². The maximum Gasteiger partial charge on any atom is 0.335 e. The lowest BCUT2D eigenvalue weighted by Crippen LogP contribution is -1.99. The molecule has 0 bridgehead atoms. The first-order valence-corrected chi connectivity index (χ1v) is 10.5. The van der Waals surface area contributed by atoms with Crippen LogP contribution in [0.4, 0.5) is 0 Å². The summed E-state index contributed by atoms with van der Waals surface area (Å²) < 4.78 is 2.08. The summed E-state index contributed by atoms with van der Waals surface area (Å²) in [5.41, 5.74) is 3.52. The number of carbonyl (C=O) groups is 1. The molecule has 0 aliphatic heterocycles. The van der Waals surface area contributed by atoms with Gasteiger partial charge in [0.05, 0.1) is 16.1 Å². The van der Waals surface area contributed by atoms with E-state index < -0.39 is 5.97 Å². The van der Waals surface area contributed by atoms with Crippen molar-refractivity contribution in [2.45, 2.75) is 17.8 Å². The minimum Gasteiger partial charge on any atom is -0.478 e. The van der Waals surface area contributed by atoms with E-state index in [9.17, 15) is 4.79 Å². The summed E-state index contributed by atoms with van der Waals surface area (Å²) in [6.07, 6.45) is 0. The van der Waals surface area contributed by atoms with Crippen LogP contribution >= 0.6 is 23.1 Å². The van der Waals surface area contributed by atoms with Gasteiger partial charge in [-0.1, -0.05) is 42.1 Å². The first-order valence-electron chi connectivity index (χ1n) is 8.63. The standard InChI is InChI=1S/C21H17N3O2S2/c1-14-4-2-5-17(12-14)24-19(18-6-3-11-27-18)22-23-21(24)28-13-15-7-9-16(10-8-15)20(25)26/h2-12H,13H2,1H3,(H,25,26). The minimum atomic E-state index is -0.918. The van der Waals surface area contributed by atoms with Crippen molar-refractivity contribution in [3.05, 3.63) is 82.7 Å². The Morgan fingerprint density at radius 1 is 1.11 bits per heavy atom. The van der Waals surface area contributed by atoms with Crippen molar-refractivity contribution in [2.24, 2.45) is 0 Å². The van der Waals surface area contributed by atoms with Crippen LogP contribution in [-0.4, -0.2) is 25.8 Å². The molecule has 28 heavy (non-hydrogen) atoms. The number of aromatic nitrogens is 3. The third-order valence-corrected chi connectivity index (χ3v) is 6.07. The zero-order valence-corrected chi connectivity index (χ0v) is 16.7. The number of rotatable bonds is 6. The Morgan fingerprint density at radius 3 is 2.61 bits per heavy atom. The molecule has 0 unspecified atom stereocenters. The van der Waals surface area contributed by atoms with Crippen molar-refractivity contribution in [3.8, 4) is 16.4 Å². The number of thioether (sulfide) groups is 1. The quantitative estimate of drug-likeness (QED) is 0.440. The number of hydrogen-bond donors (Lipinski definition) is 1. The van der Waals surface area contributed by atoms with Crippen molar-refractivity contribution in [3.63, 3.8) is 0 Å². The molecule has 5 nitrogen and oxygen atoms in total. The number of aryl methyl sites for hydroxylation is 1. The summed E-state index contributed by atoms with van der Waals surface area (Å²) in [7, 11) is 0. The fourth-order valence-corrected chi connectivity index (χ4v) is 4.43. The highest BCUT2D eigenvalue weighted by Gasteiger charge is 2.17. The van der Waals surface area contributed by atoms with Crippen LogP contribution in [0, 0.1) is 6.92 Å². The molecule has 4 rings (SSSR count). The Hall–Kier alpha value is -2.90. The van der Waals surface area contributed by atoms with Gasteiger partial charge in [-0.2, -0.15) is 0 Å². The van der Waals surface area contributed by atoms with Crippen LogP contribution in [0.3, 0.4) is 0 Å². The van der Waals surface area contributed by atoms with Gasteiger partial charge in [0.15, 0.2) is 11.0 Å². The zero-order chi connectivity index (χ0) is 19.5. The molecule has 2 aromatic heterocycles. The summed E-state index contributed by atoms with van der Waals surface area (Å²) in [4.78, 5) is 12.1. The lowest BCUT2D eigenvalue weighted by molar-refractivity contribution is 0.0697. The highest BCUT2D eigenvalue weighted by Crippen LogP contribution is 2.32. The molecule has 1 N–H and O–H groups in total. The van der Waals surface area contributed by atoms with Gasteiger partial charge in [-0.3, -0.25) is 4.57 Å². The van der Waals surface area contributed by atoms with E-state index in [1.165, 1.54) is 5.56 Å². The normalized spacial score (nSPS) is 10.9. The average Bonchev–Trinajstić information content (AvgIpc) is 3.36. The highest BCUT2D eigenvalue weighted by molar-refractivity contribution is 7.98. The van der Waals surface area contributed by atoms with Crippen LogP contribution in [0.25, 0.3) is 16.4 Å². The summed E-state index contributed by atoms with van der Waals surface area (Å²) in [6, 6.07) is 19.2. The van der Waals surface area contributed by atoms with Crippen LogP contribution in [-0.2, 0) is 5.75 Å². The Bertz CT molecular complexity index is 1100. The smallest absolute Gasteiger partial charge is 0.335 e. The van der Waals surface area contributed by atoms with Crippen LogP contribution in [0.5, 0.6) is 0 Å². The van der Waals surface area contributed by atoms with Gasteiger partial charge in [-0.25, -0.2) is 4.79 Å². The number of nitrogens with zero attached hydrogens (tertiary/aromatic N) is 3. The van der Waals surface area contributed by atoms with E-state index in [4.69, 9.17) is 5.11 Å². The SMILES string of the molecule is Cc1cccc(-n2c(SCc3ccc(C(=O)O)cc3)nnc2-c2cccs2)c1. The molecular weight excluding hydrogens is 390 g/mol. The van der Waals surface area contributed by atoms with Gasteiger partial charge in [0.1, 0.15) is 0 Å². The van der Waals surface area contributed by atoms with Crippen molar-refractivity contribution in [2.75, 3.05) is 0 Å². The molecule has 0 atom stereocenters. The first kappa shape index (κ1) is 18.5. The van der Waals surface area contributed by atoms with E-state index >= 15 is 0 Å². The minimum absolute atomic E-state index is 0.289. The molecule has 0 amide bonds. The Kier molecular flexibility index (Phi) is 5.27. The molecule has 0 radical (unpaired) electrons. The maximum atomic E-state index is 11.0. The topological polar surface area (TPSA) is 68.0 Å². The summed E-state index contributed by atoms with van der Waals surface area (Å²) in [5, 5.41) is 20.7. The molecule has 7 heteroatoms. The zero-order valence-electron chi connectivity index (χ0n) is 15.1. The lowest BCUT2D eigenvalue weighted by Gasteiger charge is -2.10. The van der Waals surface area contributed by atoms with E-state index in [2.05, 4.69) is 39.9 Å². The summed E-state index contributed by atoms with van der Waals surface area (Å²) >= 11 is 3.21. The van der Waals surface area contributed by atoms with Crippen LogP contribution in [0.15, 0.2) is 71.2 Å². The summed E-state index contributed by atoms with van der Waals surface area (Å²) in [6.45, 7) is 2.06. The van der Waals surface area contributed by atoms with Crippen molar-refractivity contribution in [1.82, 2.24) is 14.8 Å². The van der Waals surface area contributed by atoms with E-state index in [0.29, 0.717) is 5.75 Å². The van der Waals surface area contributed by atoms with Crippen LogP contribution in [0.2, 0.25) is 0 Å². The number of carboxylic acid groups (broad SMARTS) is 1. The largest absolute Gasteiger partial charge is 0.478 e. The molecule has 140 valence electrons. The number of hydrogen-bond acceptors (Lipinski definition) is 5. The molecule has 0 spiro atoms. The van der Waals surface area contributed by atoms with Gasteiger partial charge in [0.25, 0.3) is 0 Å². The second-order valence-corrected chi connectivity index (χ2v) is 8.14. The molecular formula is C21H17N3O2S2. The van der Waals surface area contributed by atoms with Gasteiger partial charge < -0.3 is 5.11 Å². The highest BCUT2D eigenvalue weighted by atomic mass is 32.2. The number of carboxylic acids is 1. The van der Waals surface area contributed by atoms with Crippen LogP contribution < -0.4 is 0 Å². The monoisotopic (exact) mass is 407 g/mol. The van der Waals surface area contributed by atoms with Crippen LogP contribution in [0.1, 0.15) is 21.5 Å². The Morgan fingerprint density at radius 2 is 1.93 bits per heavy atom. The molecule has 2 aromatic carbocycles. The van der Waals surface area contributed by atoms with Gasteiger partial charge in [-0.15, -0.1) is 21.5 Å². The predicted octanol–water partition coefficient (Wildman–Crippen LogP) is 5.29. The molecule has 0 fully saturated rings. The van der Waals surface area contributed by atoms with Crippen molar-refractivity contribution >= 4 is 29.1 Å². The second-order valence-electron chi connectivity index (χ2n) is 6.25. The Labute approximate surface area is 170 Å². The molecule has 2 heterocycles. The van der Waals surface area contributed by atoms with E-state index in [-0.39, 0.29) is 5.56 Å². The lowest BCUT2D eigenvalue weighted by atomic mass is 10.1. The maximum absolute atomic E-state index is 11.0. The van der Waals surface area contributed by atoms with Crippen molar-refractivity contribution in [1.29, 1.82) is 0 Å². The van der Waals surface area contributed by atoms with Gasteiger partial charge in [0.2, 0.25) is 0 Å². The molecule has 0 aliphatic rings. The average molecular weight is 408 g/mol. The summed E-state index contributed by atoms with van der Waals surface area (Å²) in [5.74, 6) is 0.581. The first-order chi connectivity index (χ1) is 13.6. The fourth-order valence-electron chi connectivity index (χ4n) is 2.82. The molecule has 0 aliphatic carbocycles. The number of thiophene rings is 1. The molecule has 0 saturated heterocycles. The van der Waals surface area contributed by atoms with Gasteiger partial charge in [0, 0.05) is 5.75 Å². The Balaban J connectivity index is 1.66. The van der Waals surface area contributed by atoms with Crippen molar-refractivity contribution < 1.29 is 9.90 Å².